The third-order valence-corrected chi connectivity index (χ3v) is 7.24. The van der Waals surface area contributed by atoms with Gasteiger partial charge < -0.3 is 14.7 Å². The number of carbonyl (C=O) groups excluding carboxylic acids is 1. The minimum atomic E-state index is -1.14. The second-order valence-electron chi connectivity index (χ2n) is 8.27. The highest BCUT2D eigenvalue weighted by Crippen LogP contribution is 2.53. The topological polar surface area (TPSA) is 66.8 Å². The molecule has 1 atom stereocenters. The van der Waals surface area contributed by atoms with E-state index in [1.54, 1.807) is 13.8 Å². The molecule has 1 unspecified atom stereocenters. The van der Waals surface area contributed by atoms with Gasteiger partial charge in [-0.2, -0.15) is 0 Å². The standard InChI is InChI=1S/C18H33NO4S2/c1-16(2,15(24)25-9)12(13(20)23-11-10-19(7)8)17(3,4)18(5,6)14(21)22/h12H,10-11H2,1-9H3,(H,21,22). The molecule has 0 radical (unpaired) electrons. The summed E-state index contributed by atoms with van der Waals surface area (Å²) in [5.41, 5.74) is -2.71. The van der Waals surface area contributed by atoms with Gasteiger partial charge in [-0.3, -0.25) is 9.59 Å². The molecular weight excluding hydrogens is 358 g/mol. The SMILES string of the molecule is CSC(=S)C(C)(C)C(C(=O)OCCN(C)C)C(C)(C)C(C)(C)C(=O)O. The van der Waals surface area contributed by atoms with E-state index in [-0.39, 0.29) is 6.61 Å². The van der Waals surface area contributed by atoms with Crippen molar-refractivity contribution in [1.29, 1.82) is 0 Å². The van der Waals surface area contributed by atoms with Crippen molar-refractivity contribution in [2.45, 2.75) is 41.5 Å². The van der Waals surface area contributed by atoms with E-state index in [9.17, 15) is 14.7 Å². The number of esters is 1. The lowest BCUT2D eigenvalue weighted by Gasteiger charge is -2.49. The van der Waals surface area contributed by atoms with Gasteiger partial charge in [0, 0.05) is 12.0 Å². The first-order valence-corrected chi connectivity index (χ1v) is 9.90. The molecule has 0 fully saturated rings. The molecule has 0 rings (SSSR count). The first-order chi connectivity index (χ1) is 11.1. The van der Waals surface area contributed by atoms with Crippen molar-refractivity contribution < 1.29 is 19.4 Å². The second kappa shape index (κ2) is 8.82. The molecule has 0 aromatic heterocycles. The zero-order chi connectivity index (χ0) is 20.2. The van der Waals surface area contributed by atoms with Crippen LogP contribution in [0.4, 0.5) is 0 Å². The number of nitrogens with zero attached hydrogens (tertiary/aromatic N) is 1. The summed E-state index contributed by atoms with van der Waals surface area (Å²) < 4.78 is 6.18. The molecule has 5 nitrogen and oxygen atoms in total. The summed E-state index contributed by atoms with van der Waals surface area (Å²) >= 11 is 6.91. The Hall–Kier alpha value is -0.660. The Balaban J connectivity index is 5.96. The van der Waals surface area contributed by atoms with E-state index in [1.807, 2.05) is 52.9 Å². The lowest BCUT2D eigenvalue weighted by Crippen LogP contribution is -2.54. The summed E-state index contributed by atoms with van der Waals surface area (Å²) in [6, 6.07) is 0. The van der Waals surface area contributed by atoms with Gasteiger partial charge in [0.15, 0.2) is 0 Å². The number of rotatable bonds is 9. The minimum Gasteiger partial charge on any atom is -0.481 e. The van der Waals surface area contributed by atoms with E-state index < -0.39 is 34.1 Å². The van der Waals surface area contributed by atoms with Crippen LogP contribution in [0.1, 0.15) is 41.5 Å². The zero-order valence-corrected chi connectivity index (χ0v) is 18.6. The number of thioether (sulfide) groups is 1. The summed E-state index contributed by atoms with van der Waals surface area (Å²) in [5.74, 6) is -2.04. The van der Waals surface area contributed by atoms with Gasteiger partial charge in [0.25, 0.3) is 0 Å². The van der Waals surface area contributed by atoms with Gasteiger partial charge in [0.05, 0.1) is 15.5 Å². The molecular formula is C18H33NO4S2. The molecule has 0 aliphatic rings. The first-order valence-electron chi connectivity index (χ1n) is 8.27. The molecule has 25 heavy (non-hydrogen) atoms. The number of carboxylic acid groups (broad SMARTS) is 1. The van der Waals surface area contributed by atoms with Gasteiger partial charge in [-0.05, 0) is 39.6 Å². The van der Waals surface area contributed by atoms with Gasteiger partial charge in [0.2, 0.25) is 0 Å². The maximum Gasteiger partial charge on any atom is 0.310 e. The van der Waals surface area contributed by atoms with Gasteiger partial charge >= 0.3 is 11.9 Å². The van der Waals surface area contributed by atoms with Crippen LogP contribution in [0.2, 0.25) is 0 Å². The highest BCUT2D eigenvalue weighted by Gasteiger charge is 2.57. The molecule has 0 saturated carbocycles. The Morgan fingerprint density at radius 1 is 1.16 bits per heavy atom. The van der Waals surface area contributed by atoms with Crippen molar-refractivity contribution in [2.75, 3.05) is 33.5 Å². The van der Waals surface area contributed by atoms with Gasteiger partial charge in [-0.15, -0.1) is 11.8 Å². The largest absolute Gasteiger partial charge is 0.481 e. The number of likely N-dealkylation sites (N-methyl/N-ethyl adjacent to an activating group) is 1. The van der Waals surface area contributed by atoms with Gasteiger partial charge in [-0.25, -0.2) is 0 Å². The van der Waals surface area contributed by atoms with Crippen LogP contribution in [0.15, 0.2) is 0 Å². The molecule has 0 aromatic carbocycles. The number of hydrogen-bond donors (Lipinski definition) is 1. The fraction of sp³-hybridized carbons (Fsp3) is 0.833. The number of ether oxygens (including phenoxy) is 1. The van der Waals surface area contributed by atoms with Crippen molar-refractivity contribution >= 4 is 40.1 Å². The average molecular weight is 392 g/mol. The van der Waals surface area contributed by atoms with E-state index in [0.29, 0.717) is 10.7 Å². The highest BCUT2D eigenvalue weighted by molar-refractivity contribution is 8.22. The molecule has 1 N–H and O–H groups in total. The number of aliphatic carboxylic acids is 1. The highest BCUT2D eigenvalue weighted by atomic mass is 32.2. The van der Waals surface area contributed by atoms with E-state index in [4.69, 9.17) is 17.0 Å². The lowest BCUT2D eigenvalue weighted by atomic mass is 9.55. The van der Waals surface area contributed by atoms with Crippen LogP contribution in [-0.2, 0) is 14.3 Å². The maximum absolute atomic E-state index is 13.0. The van der Waals surface area contributed by atoms with Crippen LogP contribution in [0.3, 0.4) is 0 Å². The van der Waals surface area contributed by atoms with Crippen LogP contribution >= 0.6 is 24.0 Å². The van der Waals surface area contributed by atoms with E-state index in [2.05, 4.69) is 0 Å². The van der Waals surface area contributed by atoms with E-state index in [1.165, 1.54) is 11.8 Å². The van der Waals surface area contributed by atoms with Crippen molar-refractivity contribution in [3.05, 3.63) is 0 Å². The zero-order valence-electron chi connectivity index (χ0n) is 16.9. The van der Waals surface area contributed by atoms with Crippen LogP contribution in [-0.4, -0.2) is 59.6 Å². The van der Waals surface area contributed by atoms with Crippen molar-refractivity contribution in [2.24, 2.45) is 22.2 Å². The van der Waals surface area contributed by atoms with Crippen molar-refractivity contribution in [3.63, 3.8) is 0 Å². The quantitative estimate of drug-likeness (QED) is 0.476. The van der Waals surface area contributed by atoms with Crippen LogP contribution in [0.5, 0.6) is 0 Å². The van der Waals surface area contributed by atoms with Crippen LogP contribution in [0.25, 0.3) is 0 Å². The Labute approximate surface area is 161 Å². The Kier molecular flexibility index (Phi) is 8.59. The number of carboxylic acids is 1. The van der Waals surface area contributed by atoms with E-state index in [0.717, 1.165) is 0 Å². The van der Waals surface area contributed by atoms with E-state index >= 15 is 0 Å². The predicted molar refractivity (Wildman–Crippen MR) is 108 cm³/mol. The maximum atomic E-state index is 13.0. The molecule has 146 valence electrons. The first kappa shape index (κ1) is 24.3. The molecule has 0 heterocycles. The van der Waals surface area contributed by atoms with Crippen molar-refractivity contribution in [3.8, 4) is 0 Å². The fourth-order valence-corrected chi connectivity index (χ4v) is 3.68. The molecule has 0 aliphatic carbocycles. The smallest absolute Gasteiger partial charge is 0.310 e. The monoisotopic (exact) mass is 391 g/mol. The molecule has 7 heteroatoms. The molecule has 0 bridgehead atoms. The average Bonchev–Trinajstić information content (AvgIpc) is 2.44. The summed E-state index contributed by atoms with van der Waals surface area (Å²) in [5, 5.41) is 9.72. The fourth-order valence-electron chi connectivity index (χ4n) is 2.92. The Morgan fingerprint density at radius 3 is 2.00 bits per heavy atom. The molecule has 0 aliphatic heterocycles. The summed E-state index contributed by atoms with van der Waals surface area (Å²) in [6.45, 7) is 11.6. The number of hydrogen-bond acceptors (Lipinski definition) is 6. The normalized spacial score (nSPS) is 14.3. The minimum absolute atomic E-state index is 0.258. The molecule has 0 amide bonds. The third-order valence-electron chi connectivity index (χ3n) is 5.32. The Morgan fingerprint density at radius 2 is 1.64 bits per heavy atom. The lowest BCUT2D eigenvalue weighted by molar-refractivity contribution is -0.170. The summed E-state index contributed by atoms with van der Waals surface area (Å²) in [4.78, 5) is 26.8. The van der Waals surface area contributed by atoms with Crippen LogP contribution in [0, 0.1) is 22.2 Å². The second-order valence-corrected chi connectivity index (χ2v) is 9.75. The number of carbonyl (C=O) groups is 2. The Bertz CT molecular complexity index is 513. The predicted octanol–water partition coefficient (Wildman–Crippen LogP) is 3.56. The van der Waals surface area contributed by atoms with Gasteiger partial charge in [0.1, 0.15) is 6.61 Å². The van der Waals surface area contributed by atoms with Gasteiger partial charge in [-0.1, -0.05) is 39.9 Å². The number of thiocarbonyl (C=S) groups is 1. The third kappa shape index (κ3) is 5.41. The summed E-state index contributed by atoms with van der Waals surface area (Å²) in [6.07, 6.45) is 1.87. The van der Waals surface area contributed by atoms with Crippen molar-refractivity contribution in [1.82, 2.24) is 4.90 Å². The molecule has 0 saturated heterocycles. The summed E-state index contributed by atoms with van der Waals surface area (Å²) in [7, 11) is 3.80. The molecule has 0 aromatic rings. The molecule has 0 spiro atoms. The van der Waals surface area contributed by atoms with Crippen LogP contribution < -0.4 is 0 Å².